The summed E-state index contributed by atoms with van der Waals surface area (Å²) >= 11 is 0. The topological polar surface area (TPSA) is 0 Å². The highest BCUT2D eigenvalue weighted by Crippen LogP contribution is 2.46. The molecule has 10 rings (SSSR count). The highest BCUT2D eigenvalue weighted by molar-refractivity contribution is 6.22. The van der Waals surface area contributed by atoms with E-state index in [1.165, 1.54) is 125 Å². The van der Waals surface area contributed by atoms with E-state index in [1.54, 1.807) is 0 Å². The van der Waals surface area contributed by atoms with Crippen LogP contribution >= 0.6 is 0 Å². The van der Waals surface area contributed by atoms with Gasteiger partial charge in [-0.25, -0.2) is 0 Å². The van der Waals surface area contributed by atoms with Crippen molar-refractivity contribution in [1.29, 1.82) is 0 Å². The zero-order valence-electron chi connectivity index (χ0n) is 29.4. The molecule has 0 saturated heterocycles. The van der Waals surface area contributed by atoms with Gasteiger partial charge in [-0.15, -0.1) is 0 Å². The highest BCUT2D eigenvalue weighted by Gasteiger charge is 2.19. The van der Waals surface area contributed by atoms with Crippen LogP contribution in [0.25, 0.3) is 87.6 Å². The van der Waals surface area contributed by atoms with Crippen molar-refractivity contribution in [2.24, 2.45) is 0 Å². The number of benzene rings is 9. The van der Waals surface area contributed by atoms with Crippen LogP contribution in [0.3, 0.4) is 0 Å². The molecule has 0 unspecified atom stereocenters. The van der Waals surface area contributed by atoms with E-state index in [9.17, 15) is 0 Å². The highest BCUT2D eigenvalue weighted by atomic mass is 14.2. The second-order valence-electron chi connectivity index (χ2n) is 14.7. The van der Waals surface area contributed by atoms with Gasteiger partial charge in [0.1, 0.15) is 0 Å². The summed E-state index contributed by atoms with van der Waals surface area (Å²) in [5, 5.41) is 10.2. The first-order valence-corrected chi connectivity index (χ1v) is 18.9. The van der Waals surface area contributed by atoms with Crippen molar-refractivity contribution in [2.45, 2.75) is 38.0 Å². The molecule has 0 aliphatic heterocycles. The summed E-state index contributed by atoms with van der Waals surface area (Å²) in [6, 6.07) is 66.0. The van der Waals surface area contributed by atoms with Gasteiger partial charge in [0, 0.05) is 0 Å². The molecular weight excluding hydrogens is 625 g/mol. The molecule has 1 fully saturated rings. The van der Waals surface area contributed by atoms with Gasteiger partial charge in [-0.1, -0.05) is 165 Å². The number of hydrogen-bond acceptors (Lipinski definition) is 0. The average Bonchev–Trinajstić information content (AvgIpc) is 3.22. The van der Waals surface area contributed by atoms with Crippen LogP contribution < -0.4 is 0 Å². The first-order chi connectivity index (χ1) is 25.8. The Morgan fingerprint density at radius 3 is 1.29 bits per heavy atom. The SMILES string of the molecule is c1ccc2cc(-c3cc(-c4ccc(C5CCCCC5)cc4)cc(-c4c5ccccc5c(-c5ccc6ccccc6c5)c5ccccc45)c3)ccc2c1. The fraction of sp³-hybridized carbons (Fsp3) is 0.115. The zero-order valence-corrected chi connectivity index (χ0v) is 29.4. The summed E-state index contributed by atoms with van der Waals surface area (Å²) in [6.07, 6.45) is 6.72. The van der Waals surface area contributed by atoms with Crippen molar-refractivity contribution in [3.05, 3.63) is 181 Å². The summed E-state index contributed by atoms with van der Waals surface area (Å²) in [5.74, 6) is 0.696. The molecule has 0 aromatic heterocycles. The molecule has 0 spiro atoms. The van der Waals surface area contributed by atoms with Gasteiger partial charge >= 0.3 is 0 Å². The Hall–Kier alpha value is -5.98. The monoisotopic (exact) mass is 664 g/mol. The van der Waals surface area contributed by atoms with Gasteiger partial charge < -0.3 is 0 Å². The van der Waals surface area contributed by atoms with Crippen LogP contribution in [0.2, 0.25) is 0 Å². The zero-order chi connectivity index (χ0) is 34.4. The van der Waals surface area contributed by atoms with Crippen molar-refractivity contribution in [2.75, 3.05) is 0 Å². The summed E-state index contributed by atoms with van der Waals surface area (Å²) in [5.41, 5.74) is 11.6. The van der Waals surface area contributed by atoms with Crippen molar-refractivity contribution in [3.8, 4) is 44.5 Å². The average molecular weight is 665 g/mol. The lowest BCUT2D eigenvalue weighted by molar-refractivity contribution is 0.443. The van der Waals surface area contributed by atoms with E-state index in [0.29, 0.717) is 5.92 Å². The summed E-state index contributed by atoms with van der Waals surface area (Å²) in [6.45, 7) is 0. The lowest BCUT2D eigenvalue weighted by atomic mass is 9.83. The molecule has 0 heteroatoms. The Kier molecular flexibility index (Phi) is 7.68. The standard InChI is InChI=1S/C52H40/c1-2-12-35(13-3-1)38-22-24-39(25-23-38)44-32-45(42-28-26-36-14-4-6-16-40(36)30-42)34-46(33-44)52-49-20-10-8-18-47(49)51(48-19-9-11-21-50(48)52)43-29-27-37-15-5-7-17-41(37)31-43/h4-11,14-35H,1-3,12-13H2. The molecule has 9 aromatic carbocycles. The maximum absolute atomic E-state index is 2.43. The smallest absolute Gasteiger partial charge is 0.00259 e. The number of rotatable bonds is 5. The number of fused-ring (bicyclic) bond motifs is 4. The Morgan fingerprint density at radius 1 is 0.288 bits per heavy atom. The van der Waals surface area contributed by atoms with Crippen LogP contribution in [0.1, 0.15) is 43.6 Å². The maximum atomic E-state index is 2.43. The van der Waals surface area contributed by atoms with Gasteiger partial charge in [0.05, 0.1) is 0 Å². The van der Waals surface area contributed by atoms with E-state index in [4.69, 9.17) is 0 Å². The minimum atomic E-state index is 0.696. The second kappa shape index (κ2) is 13.0. The van der Waals surface area contributed by atoms with Gasteiger partial charge in [0.2, 0.25) is 0 Å². The Bertz CT molecular complexity index is 2700. The molecule has 1 saturated carbocycles. The van der Waals surface area contributed by atoms with Crippen molar-refractivity contribution >= 4 is 43.1 Å². The van der Waals surface area contributed by atoms with Gasteiger partial charge in [0.15, 0.2) is 0 Å². The molecule has 248 valence electrons. The molecule has 52 heavy (non-hydrogen) atoms. The Morgan fingerprint density at radius 2 is 0.712 bits per heavy atom. The molecule has 0 heterocycles. The van der Waals surface area contributed by atoms with Gasteiger partial charge in [-0.3, -0.25) is 0 Å². The van der Waals surface area contributed by atoms with E-state index >= 15 is 0 Å². The van der Waals surface area contributed by atoms with Gasteiger partial charge in [-0.05, 0) is 142 Å². The van der Waals surface area contributed by atoms with Crippen molar-refractivity contribution in [1.82, 2.24) is 0 Å². The third-order valence-corrected chi connectivity index (χ3v) is 11.6. The fourth-order valence-electron chi connectivity index (χ4n) is 8.95. The molecular formula is C52H40. The molecule has 0 atom stereocenters. The second-order valence-corrected chi connectivity index (χ2v) is 14.7. The van der Waals surface area contributed by atoms with Gasteiger partial charge in [-0.2, -0.15) is 0 Å². The van der Waals surface area contributed by atoms with Crippen molar-refractivity contribution in [3.63, 3.8) is 0 Å². The first kappa shape index (κ1) is 30.8. The normalized spacial score (nSPS) is 13.7. The Labute approximate surface area is 306 Å². The molecule has 1 aliphatic rings. The quantitative estimate of drug-likeness (QED) is 0.161. The molecule has 1 aliphatic carbocycles. The molecule has 0 nitrogen and oxygen atoms in total. The van der Waals surface area contributed by atoms with Crippen LogP contribution in [0.5, 0.6) is 0 Å². The van der Waals surface area contributed by atoms with E-state index in [0.717, 1.165) is 0 Å². The summed E-state index contributed by atoms with van der Waals surface area (Å²) in [4.78, 5) is 0. The van der Waals surface area contributed by atoms with Crippen LogP contribution in [0.15, 0.2) is 176 Å². The van der Waals surface area contributed by atoms with Crippen LogP contribution in [0.4, 0.5) is 0 Å². The lowest BCUT2D eigenvalue weighted by Crippen LogP contribution is -2.04. The van der Waals surface area contributed by atoms with Crippen molar-refractivity contribution < 1.29 is 0 Å². The number of hydrogen-bond donors (Lipinski definition) is 0. The van der Waals surface area contributed by atoms with E-state index in [2.05, 4.69) is 176 Å². The fourth-order valence-corrected chi connectivity index (χ4v) is 8.95. The minimum absolute atomic E-state index is 0.696. The Balaban J connectivity index is 1.21. The summed E-state index contributed by atoms with van der Waals surface area (Å²) < 4.78 is 0. The van der Waals surface area contributed by atoms with E-state index < -0.39 is 0 Å². The largest absolute Gasteiger partial charge is 0.0616 e. The third kappa shape index (κ3) is 5.47. The van der Waals surface area contributed by atoms with Crippen LogP contribution in [-0.4, -0.2) is 0 Å². The predicted octanol–water partition coefficient (Wildman–Crippen LogP) is 15.0. The van der Waals surface area contributed by atoms with E-state index in [-0.39, 0.29) is 0 Å². The lowest BCUT2D eigenvalue weighted by Gasteiger charge is -2.22. The molecule has 0 N–H and O–H groups in total. The predicted molar refractivity (Wildman–Crippen MR) is 224 cm³/mol. The van der Waals surface area contributed by atoms with Crippen LogP contribution in [-0.2, 0) is 0 Å². The minimum Gasteiger partial charge on any atom is -0.0616 e. The van der Waals surface area contributed by atoms with E-state index in [1.807, 2.05) is 0 Å². The maximum Gasteiger partial charge on any atom is -0.00259 e. The van der Waals surface area contributed by atoms with Crippen LogP contribution in [0, 0.1) is 0 Å². The van der Waals surface area contributed by atoms with Gasteiger partial charge in [0.25, 0.3) is 0 Å². The molecule has 0 radical (unpaired) electrons. The first-order valence-electron chi connectivity index (χ1n) is 18.9. The molecule has 0 bridgehead atoms. The molecule has 9 aromatic rings. The summed E-state index contributed by atoms with van der Waals surface area (Å²) in [7, 11) is 0. The molecule has 0 amide bonds. The third-order valence-electron chi connectivity index (χ3n) is 11.6.